The second kappa shape index (κ2) is 6.62. The Labute approximate surface area is 117 Å². The third-order valence-electron chi connectivity index (χ3n) is 3.08. The Hall–Kier alpha value is -0.340. The summed E-state index contributed by atoms with van der Waals surface area (Å²) in [7, 11) is -9.61. The van der Waals surface area contributed by atoms with E-state index in [2.05, 4.69) is 0 Å². The summed E-state index contributed by atoms with van der Waals surface area (Å²) >= 11 is 0. The van der Waals surface area contributed by atoms with E-state index in [1.807, 2.05) is 0 Å². The number of aliphatic hydroxyl groups is 3. The van der Waals surface area contributed by atoms with Crippen LogP contribution in [0.3, 0.4) is 0 Å². The molecule has 0 aliphatic rings. The van der Waals surface area contributed by atoms with Crippen LogP contribution in [0, 0.1) is 0 Å². The van der Waals surface area contributed by atoms with E-state index in [0.717, 1.165) is 13.8 Å². The van der Waals surface area contributed by atoms with Gasteiger partial charge in [-0.3, -0.25) is 14.0 Å². The van der Waals surface area contributed by atoms with Crippen molar-refractivity contribution in [3.63, 3.8) is 0 Å². The molecular formula is C8H19NO9S2. The highest BCUT2D eigenvalue weighted by atomic mass is 32.2. The minimum absolute atomic E-state index is 0.428. The zero-order chi connectivity index (χ0) is 16.4. The lowest BCUT2D eigenvalue weighted by atomic mass is 10.0. The van der Waals surface area contributed by atoms with E-state index in [4.69, 9.17) is 9.11 Å². The van der Waals surface area contributed by atoms with E-state index in [0.29, 0.717) is 4.90 Å². The highest BCUT2D eigenvalue weighted by Gasteiger charge is 2.48. The number of nitrogens with zero attached hydrogens (tertiary/aromatic N) is 1. The maximum atomic E-state index is 11.2. The van der Waals surface area contributed by atoms with Crippen molar-refractivity contribution < 1.29 is 41.3 Å². The van der Waals surface area contributed by atoms with Crippen molar-refractivity contribution in [3.05, 3.63) is 0 Å². The van der Waals surface area contributed by atoms with E-state index in [9.17, 15) is 32.2 Å². The van der Waals surface area contributed by atoms with Gasteiger partial charge in [0.25, 0.3) is 20.2 Å². The van der Waals surface area contributed by atoms with Crippen molar-refractivity contribution >= 4 is 20.2 Å². The largest absolute Gasteiger partial charge is 0.394 e. The fourth-order valence-corrected chi connectivity index (χ4v) is 3.21. The topological polar surface area (TPSA) is 173 Å². The average Bonchev–Trinajstić information content (AvgIpc) is 2.32. The van der Waals surface area contributed by atoms with Crippen LogP contribution in [0.5, 0.6) is 0 Å². The molecule has 0 bridgehead atoms. The Bertz CT molecular complexity index is 464. The van der Waals surface area contributed by atoms with Crippen LogP contribution in [0.4, 0.5) is 0 Å². The van der Waals surface area contributed by atoms with Gasteiger partial charge in [0.1, 0.15) is 10.7 Å². The molecule has 0 fully saturated rings. The molecule has 0 aromatic rings. The van der Waals surface area contributed by atoms with Gasteiger partial charge in [0.15, 0.2) is 0 Å². The summed E-state index contributed by atoms with van der Waals surface area (Å²) in [5.41, 5.74) is -2.08. The second-order valence-corrected chi connectivity index (χ2v) is 7.76. The molecule has 0 heterocycles. The summed E-state index contributed by atoms with van der Waals surface area (Å²) in [6, 6.07) is 0. The highest BCUT2D eigenvalue weighted by molar-refractivity contribution is 7.87. The minimum atomic E-state index is -4.80. The van der Waals surface area contributed by atoms with Crippen LogP contribution in [0.15, 0.2) is 0 Å². The lowest BCUT2D eigenvalue weighted by Crippen LogP contribution is -2.65. The first-order valence-electron chi connectivity index (χ1n) is 5.41. The summed E-state index contributed by atoms with van der Waals surface area (Å²) in [5, 5.41) is 24.0. The third kappa shape index (κ3) is 4.08. The van der Waals surface area contributed by atoms with Crippen molar-refractivity contribution in [2.75, 3.05) is 19.8 Å². The molecule has 0 aliphatic carbocycles. The van der Waals surface area contributed by atoms with Crippen molar-refractivity contribution in [1.29, 1.82) is 0 Å². The van der Waals surface area contributed by atoms with Crippen molar-refractivity contribution in [3.8, 4) is 0 Å². The van der Waals surface area contributed by atoms with E-state index < -0.39 is 56.3 Å². The summed E-state index contributed by atoms with van der Waals surface area (Å²) in [5.74, 6) is 0. The van der Waals surface area contributed by atoms with E-state index in [1.54, 1.807) is 0 Å². The van der Waals surface area contributed by atoms with Crippen LogP contribution in [0.1, 0.15) is 13.8 Å². The van der Waals surface area contributed by atoms with Gasteiger partial charge in [-0.1, -0.05) is 0 Å². The van der Waals surface area contributed by atoms with Crippen LogP contribution < -0.4 is 0 Å². The molecule has 2 unspecified atom stereocenters. The predicted molar refractivity (Wildman–Crippen MR) is 67.8 cm³/mol. The van der Waals surface area contributed by atoms with E-state index >= 15 is 0 Å². The van der Waals surface area contributed by atoms with E-state index in [-0.39, 0.29) is 0 Å². The molecule has 12 heteroatoms. The minimum Gasteiger partial charge on any atom is -0.394 e. The number of aliphatic hydroxyl groups excluding tert-OH is 3. The van der Waals surface area contributed by atoms with Crippen LogP contribution in [0.2, 0.25) is 0 Å². The maximum Gasteiger partial charge on any atom is 0.281 e. The molecule has 0 amide bonds. The molecule has 0 saturated heterocycles. The average molecular weight is 337 g/mol. The summed E-state index contributed by atoms with van der Waals surface area (Å²) in [6.45, 7) is -1.28. The van der Waals surface area contributed by atoms with Crippen molar-refractivity contribution in [2.24, 2.45) is 0 Å². The summed E-state index contributed by atoms with van der Waals surface area (Å²) in [4.78, 5) is 0.428. The first kappa shape index (κ1) is 19.7. The summed E-state index contributed by atoms with van der Waals surface area (Å²) < 4.78 is 62.8. The lowest BCUT2D eigenvalue weighted by Gasteiger charge is -2.44. The molecule has 2 atom stereocenters. The zero-order valence-electron chi connectivity index (χ0n) is 10.9. The van der Waals surface area contributed by atoms with Gasteiger partial charge in [0.2, 0.25) is 0 Å². The summed E-state index contributed by atoms with van der Waals surface area (Å²) in [6.07, 6.45) is 0. The Morgan fingerprint density at radius 3 is 1.25 bits per heavy atom. The third-order valence-corrected chi connectivity index (χ3v) is 5.25. The molecular weight excluding hydrogens is 318 g/mol. The second-order valence-electron chi connectivity index (χ2n) is 4.33. The smallest absolute Gasteiger partial charge is 0.281 e. The normalized spacial score (nSPS) is 17.2. The van der Waals surface area contributed by atoms with Crippen LogP contribution in [-0.4, -0.2) is 82.3 Å². The first-order chi connectivity index (χ1) is 8.87. The molecule has 20 heavy (non-hydrogen) atoms. The van der Waals surface area contributed by atoms with Gasteiger partial charge in [0, 0.05) is 0 Å². The molecule has 0 radical (unpaired) electrons. The molecule has 0 spiro atoms. The Morgan fingerprint density at radius 1 is 0.850 bits per heavy atom. The fraction of sp³-hybridized carbons (Fsp3) is 1.00. The Morgan fingerprint density at radius 2 is 1.10 bits per heavy atom. The zero-order valence-corrected chi connectivity index (χ0v) is 12.5. The number of rotatable bonds is 8. The fourth-order valence-electron chi connectivity index (χ4n) is 1.75. The monoisotopic (exact) mass is 337 g/mol. The molecule has 0 saturated carbocycles. The molecule has 0 rings (SSSR count). The Balaban J connectivity index is 6.09. The Kier molecular flexibility index (Phi) is 6.50. The van der Waals surface area contributed by atoms with Gasteiger partial charge in [-0.25, -0.2) is 0 Å². The van der Waals surface area contributed by atoms with Gasteiger partial charge in [-0.2, -0.15) is 16.8 Å². The lowest BCUT2D eigenvalue weighted by molar-refractivity contribution is -0.0589. The predicted octanol–water partition coefficient (Wildman–Crippen LogP) is -2.53. The molecule has 0 aromatic heterocycles. The van der Waals surface area contributed by atoms with Crippen LogP contribution in [0.25, 0.3) is 0 Å². The number of hydrogen-bond donors (Lipinski definition) is 5. The van der Waals surface area contributed by atoms with Gasteiger partial charge in [-0.05, 0) is 13.8 Å². The standard InChI is InChI=1S/C8H19NO9S2/c1-6(19(13,14)15)9(7(2)20(16,17)18)8(3-10,4-11)5-12/h6-7,10-12H,3-5H2,1-2H3,(H,13,14,15)(H,16,17,18). The molecule has 0 aliphatic heterocycles. The van der Waals surface area contributed by atoms with Crippen molar-refractivity contribution in [2.45, 2.75) is 30.1 Å². The molecule has 10 nitrogen and oxygen atoms in total. The molecule has 0 aromatic carbocycles. The quantitative estimate of drug-likeness (QED) is 0.297. The number of hydrogen-bond acceptors (Lipinski definition) is 8. The maximum absolute atomic E-state index is 11.2. The van der Waals surface area contributed by atoms with Gasteiger partial charge >= 0.3 is 0 Å². The van der Waals surface area contributed by atoms with Gasteiger partial charge in [0.05, 0.1) is 25.4 Å². The van der Waals surface area contributed by atoms with Gasteiger partial charge < -0.3 is 15.3 Å². The molecule has 5 N–H and O–H groups in total. The SMILES string of the molecule is CC(N(C(C)S(=O)(=O)O)C(CO)(CO)CO)S(=O)(=O)O. The van der Waals surface area contributed by atoms with Crippen LogP contribution >= 0.6 is 0 Å². The van der Waals surface area contributed by atoms with Gasteiger partial charge in [-0.15, -0.1) is 0 Å². The van der Waals surface area contributed by atoms with E-state index in [1.165, 1.54) is 0 Å². The highest BCUT2D eigenvalue weighted by Crippen LogP contribution is 2.25. The molecule has 122 valence electrons. The first-order valence-corrected chi connectivity index (χ1v) is 8.41. The van der Waals surface area contributed by atoms with Crippen LogP contribution in [-0.2, 0) is 20.2 Å². The van der Waals surface area contributed by atoms with Crippen molar-refractivity contribution in [1.82, 2.24) is 4.90 Å².